The van der Waals surface area contributed by atoms with E-state index >= 15 is 0 Å². The zero-order valence-corrected chi connectivity index (χ0v) is 19.9. The molecule has 0 saturated carbocycles. The van der Waals surface area contributed by atoms with Crippen LogP contribution in [0.2, 0.25) is 0 Å². The van der Waals surface area contributed by atoms with Crippen LogP contribution in [0.25, 0.3) is 16.9 Å². The molecule has 5 rings (SSSR count). The van der Waals surface area contributed by atoms with Crippen molar-refractivity contribution in [3.05, 3.63) is 103 Å². The molecule has 0 fully saturated rings. The number of aromatic nitrogens is 4. The van der Waals surface area contributed by atoms with Crippen molar-refractivity contribution in [1.29, 1.82) is 0 Å². The molecule has 9 heteroatoms. The van der Waals surface area contributed by atoms with Crippen molar-refractivity contribution in [3.8, 4) is 11.3 Å². The number of aryl methyl sites for hydroxylation is 1. The van der Waals surface area contributed by atoms with Gasteiger partial charge in [-0.1, -0.05) is 36.4 Å². The SMILES string of the molecule is Cc1cc2nc(-c3ccccc3)cc(Nc3ccc(S(=O)(=O)NCCc4ccccn4)cc3)n2n1. The van der Waals surface area contributed by atoms with Gasteiger partial charge in [0.1, 0.15) is 5.82 Å². The van der Waals surface area contributed by atoms with Crippen LogP contribution >= 0.6 is 0 Å². The van der Waals surface area contributed by atoms with Crippen molar-refractivity contribution in [3.63, 3.8) is 0 Å². The molecule has 0 aliphatic carbocycles. The van der Waals surface area contributed by atoms with Gasteiger partial charge in [0.15, 0.2) is 5.65 Å². The Morgan fingerprint density at radius 1 is 0.914 bits per heavy atom. The van der Waals surface area contributed by atoms with E-state index in [1.165, 1.54) is 0 Å². The highest BCUT2D eigenvalue weighted by Gasteiger charge is 2.14. The highest BCUT2D eigenvalue weighted by atomic mass is 32.2. The molecule has 0 saturated heterocycles. The number of fused-ring (bicyclic) bond motifs is 1. The molecule has 0 radical (unpaired) electrons. The second kappa shape index (κ2) is 9.65. The lowest BCUT2D eigenvalue weighted by Crippen LogP contribution is -2.26. The van der Waals surface area contributed by atoms with E-state index in [1.54, 1.807) is 35.0 Å². The number of sulfonamides is 1. The third-order valence-corrected chi connectivity index (χ3v) is 6.93. The smallest absolute Gasteiger partial charge is 0.240 e. The number of nitrogens with one attached hydrogen (secondary N) is 2. The van der Waals surface area contributed by atoms with Crippen molar-refractivity contribution in [2.45, 2.75) is 18.2 Å². The van der Waals surface area contributed by atoms with E-state index in [1.807, 2.05) is 67.6 Å². The van der Waals surface area contributed by atoms with Gasteiger partial charge < -0.3 is 5.32 Å². The molecule has 0 amide bonds. The molecule has 0 unspecified atom stereocenters. The maximum Gasteiger partial charge on any atom is 0.240 e. The van der Waals surface area contributed by atoms with Gasteiger partial charge in [0.2, 0.25) is 10.0 Å². The first-order valence-electron chi connectivity index (χ1n) is 11.2. The van der Waals surface area contributed by atoms with Gasteiger partial charge in [-0.25, -0.2) is 18.1 Å². The average Bonchev–Trinajstić information content (AvgIpc) is 3.26. The van der Waals surface area contributed by atoms with Crippen LogP contribution in [-0.4, -0.2) is 34.5 Å². The zero-order valence-electron chi connectivity index (χ0n) is 19.1. The number of pyridine rings is 1. The monoisotopic (exact) mass is 484 g/mol. The Morgan fingerprint density at radius 3 is 2.43 bits per heavy atom. The van der Waals surface area contributed by atoms with Crippen LogP contribution in [0, 0.1) is 6.92 Å². The lowest BCUT2D eigenvalue weighted by Gasteiger charge is -2.12. The summed E-state index contributed by atoms with van der Waals surface area (Å²) in [6.07, 6.45) is 2.21. The number of benzene rings is 2. The summed E-state index contributed by atoms with van der Waals surface area (Å²) in [4.78, 5) is 9.15. The van der Waals surface area contributed by atoms with E-state index in [2.05, 4.69) is 20.1 Å². The Labute approximate surface area is 203 Å². The molecular weight excluding hydrogens is 460 g/mol. The number of anilines is 2. The van der Waals surface area contributed by atoms with E-state index in [0.29, 0.717) is 6.42 Å². The Bertz CT molecular complexity index is 1550. The first-order chi connectivity index (χ1) is 17.0. The van der Waals surface area contributed by atoms with Crippen LogP contribution in [0.15, 0.2) is 96.0 Å². The van der Waals surface area contributed by atoms with Crippen molar-refractivity contribution in [2.75, 3.05) is 11.9 Å². The molecule has 0 bridgehead atoms. The minimum Gasteiger partial charge on any atom is -0.340 e. The molecule has 2 aromatic carbocycles. The molecule has 0 aliphatic heterocycles. The Morgan fingerprint density at radius 2 is 1.69 bits per heavy atom. The summed E-state index contributed by atoms with van der Waals surface area (Å²) in [5.74, 6) is 0.728. The predicted molar refractivity (Wildman–Crippen MR) is 136 cm³/mol. The summed E-state index contributed by atoms with van der Waals surface area (Å²) < 4.78 is 29.8. The standard InChI is InChI=1S/C26H24N6O2S/c1-19-17-25-30-24(20-7-3-2-4-8-20)18-26(32(25)31-19)29-22-10-12-23(13-11-22)35(33,34)28-16-14-21-9-5-6-15-27-21/h2-13,15,17-18,28-29H,14,16H2,1H3. The molecule has 2 N–H and O–H groups in total. The number of hydrogen-bond acceptors (Lipinski definition) is 6. The second-order valence-corrected chi connectivity index (χ2v) is 9.83. The van der Waals surface area contributed by atoms with Gasteiger partial charge in [-0.2, -0.15) is 9.61 Å². The second-order valence-electron chi connectivity index (χ2n) is 8.07. The van der Waals surface area contributed by atoms with Gasteiger partial charge >= 0.3 is 0 Å². The van der Waals surface area contributed by atoms with E-state index in [-0.39, 0.29) is 11.4 Å². The van der Waals surface area contributed by atoms with Crippen molar-refractivity contribution in [2.24, 2.45) is 0 Å². The average molecular weight is 485 g/mol. The van der Waals surface area contributed by atoms with Crippen LogP contribution in [0.5, 0.6) is 0 Å². The van der Waals surface area contributed by atoms with E-state index in [9.17, 15) is 8.42 Å². The zero-order chi connectivity index (χ0) is 24.3. The fourth-order valence-corrected chi connectivity index (χ4v) is 4.77. The molecule has 0 atom stereocenters. The van der Waals surface area contributed by atoms with Crippen LogP contribution in [0.3, 0.4) is 0 Å². The lowest BCUT2D eigenvalue weighted by atomic mass is 10.1. The minimum atomic E-state index is -3.63. The van der Waals surface area contributed by atoms with E-state index in [0.717, 1.165) is 39.8 Å². The summed E-state index contributed by atoms with van der Waals surface area (Å²) in [6.45, 7) is 2.19. The van der Waals surface area contributed by atoms with Gasteiger partial charge in [-0.15, -0.1) is 0 Å². The topological polar surface area (TPSA) is 101 Å². The number of rotatable bonds is 8. The summed E-state index contributed by atoms with van der Waals surface area (Å²) in [5.41, 5.74) is 4.96. The highest BCUT2D eigenvalue weighted by molar-refractivity contribution is 7.89. The molecule has 35 heavy (non-hydrogen) atoms. The van der Waals surface area contributed by atoms with Crippen LogP contribution in [0.4, 0.5) is 11.5 Å². The lowest BCUT2D eigenvalue weighted by molar-refractivity contribution is 0.581. The fraction of sp³-hybridized carbons (Fsp3) is 0.115. The first-order valence-corrected chi connectivity index (χ1v) is 12.7. The fourth-order valence-electron chi connectivity index (χ4n) is 3.74. The largest absolute Gasteiger partial charge is 0.340 e. The van der Waals surface area contributed by atoms with E-state index in [4.69, 9.17) is 4.98 Å². The van der Waals surface area contributed by atoms with Gasteiger partial charge in [0, 0.05) is 48.2 Å². The van der Waals surface area contributed by atoms with Crippen molar-refractivity contribution in [1.82, 2.24) is 24.3 Å². The van der Waals surface area contributed by atoms with Crippen molar-refractivity contribution >= 4 is 27.2 Å². The molecule has 0 aliphatic rings. The van der Waals surface area contributed by atoms with Crippen molar-refractivity contribution < 1.29 is 8.42 Å². The molecule has 3 heterocycles. The van der Waals surface area contributed by atoms with Gasteiger partial charge in [0.25, 0.3) is 0 Å². The first kappa shape index (κ1) is 22.7. The third-order valence-electron chi connectivity index (χ3n) is 5.46. The van der Waals surface area contributed by atoms with Crippen LogP contribution in [-0.2, 0) is 16.4 Å². The summed E-state index contributed by atoms with van der Waals surface area (Å²) in [7, 11) is -3.63. The third kappa shape index (κ3) is 5.21. The molecular formula is C26H24N6O2S. The number of nitrogens with zero attached hydrogens (tertiary/aromatic N) is 4. The van der Waals surface area contributed by atoms with Crippen LogP contribution < -0.4 is 10.0 Å². The molecule has 8 nitrogen and oxygen atoms in total. The van der Waals surface area contributed by atoms with E-state index < -0.39 is 10.0 Å². The van der Waals surface area contributed by atoms with Gasteiger partial charge in [0.05, 0.1) is 16.3 Å². The Kier molecular flexibility index (Phi) is 6.26. The van der Waals surface area contributed by atoms with Gasteiger partial charge in [-0.05, 0) is 43.3 Å². The highest BCUT2D eigenvalue weighted by Crippen LogP contribution is 2.25. The Hall–Kier alpha value is -4.08. The van der Waals surface area contributed by atoms with Crippen LogP contribution in [0.1, 0.15) is 11.4 Å². The molecule has 3 aromatic heterocycles. The quantitative estimate of drug-likeness (QED) is 0.339. The summed E-state index contributed by atoms with van der Waals surface area (Å²) >= 11 is 0. The molecule has 0 spiro atoms. The normalized spacial score (nSPS) is 11.6. The van der Waals surface area contributed by atoms with Gasteiger partial charge in [-0.3, -0.25) is 4.98 Å². The summed E-state index contributed by atoms with van der Waals surface area (Å²) in [5, 5.41) is 7.89. The number of hydrogen-bond donors (Lipinski definition) is 2. The maximum absolute atomic E-state index is 12.7. The minimum absolute atomic E-state index is 0.198. The predicted octanol–water partition coefficient (Wildman–Crippen LogP) is 4.36. The maximum atomic E-state index is 12.7. The molecule has 5 aromatic rings. The molecule has 176 valence electrons. The Balaban J connectivity index is 1.35. The summed E-state index contributed by atoms with van der Waals surface area (Å²) in [6, 6.07) is 26.0.